The van der Waals surface area contributed by atoms with Gasteiger partial charge in [-0.2, -0.15) is 0 Å². The van der Waals surface area contributed by atoms with Crippen LogP contribution in [0.15, 0.2) is 59.2 Å². The number of imide groups is 1. The maximum absolute atomic E-state index is 12.5. The van der Waals surface area contributed by atoms with Crippen LogP contribution in [-0.4, -0.2) is 53.9 Å². The van der Waals surface area contributed by atoms with Crippen molar-refractivity contribution in [1.29, 1.82) is 0 Å². The number of fused-ring (bicyclic) bond motifs is 2. The monoisotopic (exact) mass is 390 g/mol. The summed E-state index contributed by atoms with van der Waals surface area (Å²) in [5.41, 5.74) is 1.86. The van der Waals surface area contributed by atoms with Gasteiger partial charge in [-0.25, -0.2) is 0 Å². The van der Waals surface area contributed by atoms with Gasteiger partial charge in [0.2, 0.25) is 0 Å². The number of benzene rings is 2. The Hall–Kier alpha value is -3.12. The number of hydrogen-bond donors (Lipinski definition) is 0. The second-order valence-corrected chi connectivity index (χ2v) is 7.55. The Bertz CT molecular complexity index is 1030. The summed E-state index contributed by atoms with van der Waals surface area (Å²) in [4.78, 5) is 28.6. The van der Waals surface area contributed by atoms with Gasteiger partial charge in [0.15, 0.2) is 0 Å². The summed E-state index contributed by atoms with van der Waals surface area (Å²) in [5.74, 6) is 0.495. The fourth-order valence-electron chi connectivity index (χ4n) is 4.18. The highest BCUT2D eigenvalue weighted by molar-refractivity contribution is 6.21. The average Bonchev–Trinajstić information content (AvgIpc) is 3.33. The van der Waals surface area contributed by atoms with Crippen LogP contribution in [0.5, 0.6) is 5.75 Å². The first-order valence-corrected chi connectivity index (χ1v) is 10.0. The van der Waals surface area contributed by atoms with Gasteiger partial charge in [-0.3, -0.25) is 14.5 Å². The lowest BCUT2D eigenvalue weighted by atomic mass is 10.1. The SMILES string of the molecule is O=C1c2ccccc2C(=O)N1CCN1CCC(Oc2cccc3occc23)CC1. The van der Waals surface area contributed by atoms with E-state index in [4.69, 9.17) is 9.15 Å². The Kier molecular flexibility index (Phi) is 4.56. The van der Waals surface area contributed by atoms with Gasteiger partial charge >= 0.3 is 0 Å². The summed E-state index contributed by atoms with van der Waals surface area (Å²) >= 11 is 0. The van der Waals surface area contributed by atoms with Gasteiger partial charge in [-0.15, -0.1) is 0 Å². The summed E-state index contributed by atoms with van der Waals surface area (Å²) in [6.07, 6.45) is 3.66. The van der Waals surface area contributed by atoms with E-state index in [1.165, 1.54) is 4.90 Å². The van der Waals surface area contributed by atoms with Crippen LogP contribution in [-0.2, 0) is 0 Å². The van der Waals surface area contributed by atoms with Crippen LogP contribution >= 0.6 is 0 Å². The van der Waals surface area contributed by atoms with E-state index in [0.717, 1.165) is 42.6 Å². The van der Waals surface area contributed by atoms with Crippen molar-refractivity contribution < 1.29 is 18.7 Å². The van der Waals surface area contributed by atoms with Crippen LogP contribution in [0, 0.1) is 0 Å². The van der Waals surface area contributed by atoms with Crippen molar-refractivity contribution in [2.24, 2.45) is 0 Å². The molecule has 1 saturated heterocycles. The Balaban J connectivity index is 1.15. The average molecular weight is 390 g/mol. The third-order valence-corrected chi connectivity index (χ3v) is 5.80. The van der Waals surface area contributed by atoms with E-state index in [1.807, 2.05) is 24.3 Å². The Labute approximate surface area is 168 Å². The molecule has 6 nitrogen and oxygen atoms in total. The van der Waals surface area contributed by atoms with Gasteiger partial charge in [-0.05, 0) is 43.2 Å². The molecule has 29 heavy (non-hydrogen) atoms. The summed E-state index contributed by atoms with van der Waals surface area (Å²) in [6, 6.07) is 14.8. The van der Waals surface area contributed by atoms with Gasteiger partial charge in [-0.1, -0.05) is 18.2 Å². The molecule has 0 unspecified atom stereocenters. The predicted octanol–water partition coefficient (Wildman–Crippen LogP) is 3.57. The number of ether oxygens (including phenoxy) is 1. The molecule has 6 heteroatoms. The van der Waals surface area contributed by atoms with E-state index in [-0.39, 0.29) is 17.9 Å². The third kappa shape index (κ3) is 3.29. The van der Waals surface area contributed by atoms with E-state index in [1.54, 1.807) is 30.5 Å². The van der Waals surface area contributed by atoms with Crippen molar-refractivity contribution in [3.63, 3.8) is 0 Å². The van der Waals surface area contributed by atoms with Gasteiger partial charge in [0.25, 0.3) is 11.8 Å². The van der Waals surface area contributed by atoms with Crippen LogP contribution < -0.4 is 4.74 Å². The lowest BCUT2D eigenvalue weighted by molar-refractivity contribution is 0.0600. The number of carbonyl (C=O) groups is 2. The number of hydrogen-bond acceptors (Lipinski definition) is 5. The predicted molar refractivity (Wildman–Crippen MR) is 108 cm³/mol. The molecule has 2 aromatic carbocycles. The first-order chi connectivity index (χ1) is 14.2. The molecule has 0 bridgehead atoms. The number of furan rings is 1. The number of piperidine rings is 1. The summed E-state index contributed by atoms with van der Waals surface area (Å²) < 4.78 is 11.7. The summed E-state index contributed by atoms with van der Waals surface area (Å²) in [5, 5.41) is 1.00. The van der Waals surface area contributed by atoms with E-state index in [9.17, 15) is 9.59 Å². The van der Waals surface area contributed by atoms with E-state index in [2.05, 4.69) is 4.90 Å². The molecule has 1 fully saturated rings. The van der Waals surface area contributed by atoms with E-state index in [0.29, 0.717) is 24.2 Å². The van der Waals surface area contributed by atoms with Crippen molar-refractivity contribution in [2.75, 3.05) is 26.2 Å². The zero-order valence-corrected chi connectivity index (χ0v) is 16.0. The summed E-state index contributed by atoms with van der Waals surface area (Å²) in [7, 11) is 0. The molecule has 1 aromatic heterocycles. The molecule has 0 N–H and O–H groups in total. The van der Waals surface area contributed by atoms with Crippen molar-refractivity contribution >= 4 is 22.8 Å². The molecule has 3 aromatic rings. The molecule has 148 valence electrons. The van der Waals surface area contributed by atoms with Crippen molar-refractivity contribution in [2.45, 2.75) is 18.9 Å². The van der Waals surface area contributed by atoms with Gasteiger partial charge in [0.05, 0.1) is 22.8 Å². The van der Waals surface area contributed by atoms with E-state index >= 15 is 0 Å². The molecular weight excluding hydrogens is 368 g/mol. The van der Waals surface area contributed by atoms with Gasteiger partial charge < -0.3 is 14.1 Å². The molecule has 0 aliphatic carbocycles. The van der Waals surface area contributed by atoms with Crippen molar-refractivity contribution in [1.82, 2.24) is 9.80 Å². The lowest BCUT2D eigenvalue weighted by Crippen LogP contribution is -2.43. The van der Waals surface area contributed by atoms with Crippen LogP contribution in [0.25, 0.3) is 11.0 Å². The highest BCUT2D eigenvalue weighted by Crippen LogP contribution is 2.29. The lowest BCUT2D eigenvalue weighted by Gasteiger charge is -2.32. The van der Waals surface area contributed by atoms with Gasteiger partial charge in [0.1, 0.15) is 17.4 Å². The maximum Gasteiger partial charge on any atom is 0.261 e. The van der Waals surface area contributed by atoms with Crippen LogP contribution in [0.1, 0.15) is 33.6 Å². The quantitative estimate of drug-likeness (QED) is 0.623. The first kappa shape index (κ1) is 17.9. The minimum Gasteiger partial charge on any atom is -0.490 e. The Morgan fingerprint density at radius 2 is 1.62 bits per heavy atom. The standard InChI is InChI=1S/C23H22N2O4/c26-22-17-4-1-2-5-18(17)23(27)25(22)14-13-24-11-8-16(9-12-24)29-21-7-3-6-20-19(21)10-15-28-20/h1-7,10,15-16H,8-9,11-14H2. The molecule has 0 radical (unpaired) electrons. The highest BCUT2D eigenvalue weighted by Gasteiger charge is 2.35. The molecule has 0 atom stereocenters. The number of carbonyl (C=O) groups excluding carboxylic acids is 2. The zero-order valence-electron chi connectivity index (χ0n) is 16.0. The topological polar surface area (TPSA) is 63.0 Å². The smallest absolute Gasteiger partial charge is 0.261 e. The number of rotatable bonds is 5. The Morgan fingerprint density at radius 1 is 0.897 bits per heavy atom. The molecule has 5 rings (SSSR count). The number of nitrogens with zero attached hydrogens (tertiary/aromatic N) is 2. The van der Waals surface area contributed by atoms with Crippen LogP contribution in [0.3, 0.4) is 0 Å². The first-order valence-electron chi connectivity index (χ1n) is 10.0. The molecular formula is C23H22N2O4. The molecule has 0 spiro atoms. The van der Waals surface area contributed by atoms with Crippen molar-refractivity contribution in [3.05, 3.63) is 65.9 Å². The third-order valence-electron chi connectivity index (χ3n) is 5.80. The van der Waals surface area contributed by atoms with E-state index < -0.39 is 0 Å². The van der Waals surface area contributed by atoms with Crippen LogP contribution in [0.4, 0.5) is 0 Å². The second-order valence-electron chi connectivity index (χ2n) is 7.55. The Morgan fingerprint density at radius 3 is 2.34 bits per heavy atom. The summed E-state index contributed by atoms with van der Waals surface area (Å²) in [6.45, 7) is 2.88. The highest BCUT2D eigenvalue weighted by atomic mass is 16.5. The molecule has 3 heterocycles. The maximum atomic E-state index is 12.5. The van der Waals surface area contributed by atoms with Crippen molar-refractivity contribution in [3.8, 4) is 5.75 Å². The molecule has 2 aliphatic rings. The fourth-order valence-corrected chi connectivity index (χ4v) is 4.18. The second kappa shape index (κ2) is 7.37. The molecule has 0 saturated carbocycles. The van der Waals surface area contributed by atoms with Gasteiger partial charge in [0, 0.05) is 26.2 Å². The fraction of sp³-hybridized carbons (Fsp3) is 0.304. The molecule has 2 aliphatic heterocycles. The largest absolute Gasteiger partial charge is 0.490 e. The van der Waals surface area contributed by atoms with Crippen LogP contribution in [0.2, 0.25) is 0 Å². The molecule has 2 amide bonds. The minimum absolute atomic E-state index is 0.158. The normalized spacial score (nSPS) is 17.9. The zero-order chi connectivity index (χ0) is 19.8. The number of amides is 2. The minimum atomic E-state index is -0.183. The number of likely N-dealkylation sites (tertiary alicyclic amines) is 1.